The van der Waals surface area contributed by atoms with Gasteiger partial charge in [-0.15, -0.1) is 6.58 Å². The van der Waals surface area contributed by atoms with E-state index in [4.69, 9.17) is 23.8 Å². The van der Waals surface area contributed by atoms with Gasteiger partial charge < -0.3 is 4.74 Å². The minimum absolute atomic E-state index is 0.106. The maximum atomic E-state index is 7.41. The Morgan fingerprint density at radius 3 is 1.42 bits per heavy atom. The van der Waals surface area contributed by atoms with Crippen LogP contribution in [0.15, 0.2) is 164 Å². The van der Waals surface area contributed by atoms with Gasteiger partial charge in [-0.2, -0.15) is 0 Å². The summed E-state index contributed by atoms with van der Waals surface area (Å²) in [7, 11) is 7.90. The molecule has 0 saturated heterocycles. The zero-order chi connectivity index (χ0) is 33.5. The first kappa shape index (κ1) is 34.8. The van der Waals surface area contributed by atoms with Crippen molar-refractivity contribution in [3.63, 3.8) is 0 Å². The van der Waals surface area contributed by atoms with Crippen LogP contribution in [0.3, 0.4) is 0 Å². The third kappa shape index (κ3) is 7.14. The van der Waals surface area contributed by atoms with Crippen molar-refractivity contribution in [2.45, 2.75) is 25.7 Å². The molecule has 0 atom stereocenters. The van der Waals surface area contributed by atoms with Gasteiger partial charge in [0.15, 0.2) is 0 Å². The summed E-state index contributed by atoms with van der Waals surface area (Å²) >= 11 is -0.106. The van der Waals surface area contributed by atoms with E-state index in [0.717, 1.165) is 17.9 Å². The molecular weight excluding hydrogens is 760 g/mol. The number of ether oxygens (including phenoxy) is 1. The second kappa shape index (κ2) is 16.1. The van der Waals surface area contributed by atoms with Gasteiger partial charge in [0.2, 0.25) is 0 Å². The summed E-state index contributed by atoms with van der Waals surface area (Å²) in [6.45, 7) is 8.86. The van der Waals surface area contributed by atoms with Gasteiger partial charge in [-0.25, -0.2) is 0 Å². The molecule has 0 fully saturated rings. The maximum absolute atomic E-state index is 7.41. The molecule has 6 aromatic rings. The Balaban J connectivity index is 0.00000129. The molecule has 0 aromatic heterocycles. The molecule has 244 valence electrons. The van der Waals surface area contributed by atoms with Gasteiger partial charge in [0.05, 0.1) is 0 Å². The molecule has 7 rings (SSSR count). The van der Waals surface area contributed by atoms with E-state index in [-0.39, 0.29) is 21.4 Å². The SMILES string of the molecule is C=CCc1ccc(P(c2ccccc2)c2ccccc2)c2c1C(C)(C)c1cccc(P(c3ccccc3)c3ccccc3)c1O2.[Cl][Pd][Cl]. The summed E-state index contributed by atoms with van der Waals surface area (Å²) in [6.07, 6.45) is 2.80. The van der Waals surface area contributed by atoms with E-state index in [9.17, 15) is 0 Å². The van der Waals surface area contributed by atoms with Crippen molar-refractivity contribution in [3.8, 4) is 11.5 Å². The van der Waals surface area contributed by atoms with Crippen molar-refractivity contribution in [3.05, 3.63) is 181 Å². The molecule has 0 radical (unpaired) electrons. The monoisotopic (exact) mass is 794 g/mol. The molecule has 1 heterocycles. The summed E-state index contributed by atoms with van der Waals surface area (Å²) in [5, 5.41) is 7.76. The quantitative estimate of drug-likeness (QED) is 0.0848. The van der Waals surface area contributed by atoms with E-state index in [2.05, 4.69) is 172 Å². The van der Waals surface area contributed by atoms with Crippen molar-refractivity contribution < 1.29 is 20.7 Å². The van der Waals surface area contributed by atoms with E-state index < -0.39 is 15.8 Å². The molecular formula is C42H36Cl2OP2Pd. The molecule has 0 unspecified atom stereocenters. The van der Waals surface area contributed by atoms with Crippen molar-refractivity contribution >= 4 is 66.7 Å². The van der Waals surface area contributed by atoms with Crippen LogP contribution < -0.4 is 36.6 Å². The second-order valence-electron chi connectivity index (χ2n) is 11.9. The standard InChI is InChI=1S/C42H36OP2.2ClH.Pd/c1-4-18-31-29-30-38(45(34-23-13-7-14-24-34)35-25-15-8-16-26-35)41-39(31)42(2,3)36-27-17-28-37(40(36)43-41)44(32-19-9-5-10-20-32)33-21-11-6-12-22-33;;;/h4-17,19-30H,1,18H2,2-3H3;2*1H;/q;;;+2/p-2. The Hall–Kier alpha value is -3.04. The molecule has 0 N–H and O–H groups in total. The number of hydrogen-bond donors (Lipinski definition) is 0. The van der Waals surface area contributed by atoms with E-state index in [1.807, 2.05) is 6.08 Å². The molecule has 1 aliphatic heterocycles. The van der Waals surface area contributed by atoms with Gasteiger partial charge in [-0.05, 0) is 55.1 Å². The number of rotatable bonds is 8. The Kier molecular flexibility index (Phi) is 11.7. The van der Waals surface area contributed by atoms with Gasteiger partial charge >= 0.3 is 35.0 Å². The molecule has 6 heteroatoms. The second-order valence-corrected chi connectivity index (χ2v) is 18.6. The van der Waals surface area contributed by atoms with Gasteiger partial charge in [-0.1, -0.05) is 166 Å². The molecule has 0 saturated carbocycles. The Morgan fingerprint density at radius 2 is 1.00 bits per heavy atom. The van der Waals surface area contributed by atoms with E-state index in [0.29, 0.717) is 0 Å². The third-order valence-electron chi connectivity index (χ3n) is 8.62. The first-order valence-corrected chi connectivity index (χ1v) is 22.4. The zero-order valence-electron chi connectivity index (χ0n) is 26.8. The fourth-order valence-corrected chi connectivity index (χ4v) is 11.4. The van der Waals surface area contributed by atoms with E-state index in [1.165, 1.54) is 48.5 Å². The molecule has 0 bridgehead atoms. The first-order valence-electron chi connectivity index (χ1n) is 15.7. The predicted octanol–water partition coefficient (Wildman–Crippen LogP) is 9.74. The van der Waals surface area contributed by atoms with E-state index >= 15 is 0 Å². The summed E-state index contributed by atoms with van der Waals surface area (Å²) in [5.41, 5.74) is 3.50. The molecule has 6 aromatic carbocycles. The minimum atomic E-state index is -0.871. The Labute approximate surface area is 303 Å². The van der Waals surface area contributed by atoms with E-state index in [1.54, 1.807) is 0 Å². The van der Waals surface area contributed by atoms with Crippen molar-refractivity contribution in [2.24, 2.45) is 0 Å². The Bertz CT molecular complexity index is 1890. The average molecular weight is 796 g/mol. The molecule has 0 aliphatic carbocycles. The topological polar surface area (TPSA) is 9.23 Å². The fourth-order valence-electron chi connectivity index (χ4n) is 6.60. The van der Waals surface area contributed by atoms with Crippen molar-refractivity contribution in [1.82, 2.24) is 0 Å². The van der Waals surface area contributed by atoms with Gasteiger partial charge in [0.1, 0.15) is 11.5 Å². The zero-order valence-corrected chi connectivity index (χ0v) is 31.7. The number of benzene rings is 6. The fraction of sp³-hybridized carbons (Fsp3) is 0.0952. The van der Waals surface area contributed by atoms with Crippen LogP contribution >= 0.6 is 34.9 Å². The number of halogens is 2. The number of para-hydroxylation sites is 1. The first-order chi connectivity index (χ1) is 23.5. The van der Waals surface area contributed by atoms with Crippen LogP contribution in [0.25, 0.3) is 0 Å². The molecule has 0 spiro atoms. The molecule has 48 heavy (non-hydrogen) atoms. The van der Waals surface area contributed by atoms with Crippen LogP contribution in [-0.2, 0) is 27.8 Å². The predicted molar refractivity (Wildman–Crippen MR) is 208 cm³/mol. The van der Waals surface area contributed by atoms with Crippen LogP contribution in [0, 0.1) is 0 Å². The van der Waals surface area contributed by atoms with Crippen molar-refractivity contribution in [2.75, 3.05) is 0 Å². The molecule has 1 aliphatic rings. The van der Waals surface area contributed by atoms with Gasteiger partial charge in [0, 0.05) is 27.2 Å². The van der Waals surface area contributed by atoms with Crippen LogP contribution in [0.4, 0.5) is 0 Å². The molecule has 0 amide bonds. The summed E-state index contributed by atoms with van der Waals surface area (Å²) < 4.78 is 7.41. The molecule has 1 nitrogen and oxygen atoms in total. The van der Waals surface area contributed by atoms with Crippen LogP contribution in [0.5, 0.6) is 11.5 Å². The number of allylic oxidation sites excluding steroid dienone is 1. The van der Waals surface area contributed by atoms with Crippen LogP contribution in [0.2, 0.25) is 0 Å². The summed E-state index contributed by atoms with van der Waals surface area (Å²) in [6, 6.07) is 55.1. The van der Waals surface area contributed by atoms with Crippen LogP contribution in [-0.4, -0.2) is 0 Å². The third-order valence-corrected chi connectivity index (χ3v) is 13.5. The van der Waals surface area contributed by atoms with Crippen LogP contribution in [0.1, 0.15) is 30.5 Å². The van der Waals surface area contributed by atoms with Crippen molar-refractivity contribution in [1.29, 1.82) is 0 Å². The Morgan fingerprint density at radius 1 is 0.583 bits per heavy atom. The average Bonchev–Trinajstić information content (AvgIpc) is 3.12. The van der Waals surface area contributed by atoms with Gasteiger partial charge in [-0.3, -0.25) is 0 Å². The van der Waals surface area contributed by atoms with Gasteiger partial charge in [0.25, 0.3) is 0 Å². The normalized spacial score (nSPS) is 12.8. The number of hydrogen-bond acceptors (Lipinski definition) is 1. The number of fused-ring (bicyclic) bond motifs is 2. The summed E-state index contributed by atoms with van der Waals surface area (Å²) in [5.74, 6) is 2.01. The summed E-state index contributed by atoms with van der Waals surface area (Å²) in [4.78, 5) is 0.